The average Bonchev–Trinajstić information content (AvgIpc) is 2.81. The van der Waals surface area contributed by atoms with E-state index in [-0.39, 0.29) is 12.0 Å². The zero-order valence-corrected chi connectivity index (χ0v) is 14.0. The second-order valence-electron chi connectivity index (χ2n) is 5.99. The average molecular weight is 339 g/mol. The number of halogens is 1. The van der Waals surface area contributed by atoms with E-state index in [4.69, 9.17) is 21.1 Å². The summed E-state index contributed by atoms with van der Waals surface area (Å²) in [5, 5.41) is 0.507. The maximum atomic E-state index is 12.8. The normalized spacial score (nSPS) is 23.5. The highest BCUT2D eigenvalue weighted by Gasteiger charge is 2.26. The van der Waals surface area contributed by atoms with E-state index in [0.717, 1.165) is 39.3 Å². The Hall–Kier alpha value is -1.14. The van der Waals surface area contributed by atoms with Gasteiger partial charge in [0, 0.05) is 39.3 Å². The molecule has 3 rings (SSSR count). The highest BCUT2D eigenvalue weighted by Crippen LogP contribution is 2.19. The Morgan fingerprint density at radius 1 is 1.17 bits per heavy atom. The summed E-state index contributed by atoms with van der Waals surface area (Å²) >= 11 is 6.17. The topological polar surface area (TPSA) is 42.0 Å². The van der Waals surface area contributed by atoms with Gasteiger partial charge in [-0.15, -0.1) is 0 Å². The highest BCUT2D eigenvalue weighted by atomic mass is 35.5. The smallest absolute Gasteiger partial charge is 0.255 e. The number of nitrogens with zero attached hydrogens (tertiary/aromatic N) is 2. The third-order valence-electron chi connectivity index (χ3n) is 4.31. The van der Waals surface area contributed by atoms with Gasteiger partial charge in [-0.1, -0.05) is 23.7 Å². The molecule has 126 valence electrons. The first-order valence-electron chi connectivity index (χ1n) is 8.19. The Morgan fingerprint density at radius 2 is 1.96 bits per heavy atom. The molecule has 5 nitrogen and oxygen atoms in total. The van der Waals surface area contributed by atoms with Crippen molar-refractivity contribution in [3.05, 3.63) is 34.9 Å². The first-order valence-corrected chi connectivity index (χ1v) is 8.57. The number of carbonyl (C=O) groups excluding carboxylic acids is 1. The third kappa shape index (κ3) is 4.44. The number of benzene rings is 1. The van der Waals surface area contributed by atoms with Crippen LogP contribution in [0.4, 0.5) is 0 Å². The molecule has 1 aromatic carbocycles. The first-order chi connectivity index (χ1) is 11.2. The van der Waals surface area contributed by atoms with Crippen LogP contribution in [0.2, 0.25) is 5.02 Å². The number of carbonyl (C=O) groups is 1. The first kappa shape index (κ1) is 16.7. The predicted octanol–water partition coefficient (Wildman–Crippen LogP) is 1.90. The Balaban J connectivity index is 1.64. The highest BCUT2D eigenvalue weighted by molar-refractivity contribution is 6.33. The molecular formula is C17H23ClN2O3. The fourth-order valence-corrected chi connectivity index (χ4v) is 3.28. The van der Waals surface area contributed by atoms with Gasteiger partial charge in [-0.3, -0.25) is 9.69 Å². The van der Waals surface area contributed by atoms with Gasteiger partial charge in [-0.2, -0.15) is 0 Å². The van der Waals surface area contributed by atoms with Crippen LogP contribution >= 0.6 is 11.6 Å². The number of hydrogen-bond acceptors (Lipinski definition) is 4. The molecule has 0 aliphatic carbocycles. The number of ether oxygens (including phenoxy) is 2. The molecule has 2 aliphatic heterocycles. The van der Waals surface area contributed by atoms with Crippen LogP contribution in [0.3, 0.4) is 0 Å². The van der Waals surface area contributed by atoms with Crippen molar-refractivity contribution < 1.29 is 14.3 Å². The van der Waals surface area contributed by atoms with E-state index >= 15 is 0 Å². The molecular weight excluding hydrogens is 316 g/mol. The Labute approximate surface area is 142 Å². The Morgan fingerprint density at radius 3 is 2.74 bits per heavy atom. The minimum Gasteiger partial charge on any atom is -0.379 e. The predicted molar refractivity (Wildman–Crippen MR) is 89.0 cm³/mol. The second-order valence-corrected chi connectivity index (χ2v) is 6.40. The van der Waals surface area contributed by atoms with Crippen LogP contribution in [0.1, 0.15) is 16.8 Å². The molecule has 2 saturated heterocycles. The molecule has 23 heavy (non-hydrogen) atoms. The summed E-state index contributed by atoms with van der Waals surface area (Å²) in [6, 6.07) is 7.23. The zero-order chi connectivity index (χ0) is 16.1. The lowest BCUT2D eigenvalue weighted by Gasteiger charge is -2.31. The van der Waals surface area contributed by atoms with E-state index in [1.165, 1.54) is 0 Å². The van der Waals surface area contributed by atoms with Crippen LogP contribution in [-0.4, -0.2) is 74.4 Å². The van der Waals surface area contributed by atoms with E-state index in [9.17, 15) is 4.79 Å². The molecule has 2 fully saturated rings. The molecule has 2 heterocycles. The van der Waals surface area contributed by atoms with Gasteiger partial charge in [0.05, 0.1) is 29.9 Å². The minimum atomic E-state index is -0.00641. The van der Waals surface area contributed by atoms with E-state index in [0.29, 0.717) is 30.3 Å². The maximum Gasteiger partial charge on any atom is 0.255 e. The maximum absolute atomic E-state index is 12.8. The fourth-order valence-electron chi connectivity index (χ4n) is 3.07. The van der Waals surface area contributed by atoms with Crippen molar-refractivity contribution in [1.82, 2.24) is 9.80 Å². The number of rotatable bonds is 3. The molecule has 0 saturated carbocycles. The molecule has 1 amide bonds. The largest absolute Gasteiger partial charge is 0.379 e. The van der Waals surface area contributed by atoms with Gasteiger partial charge >= 0.3 is 0 Å². The summed E-state index contributed by atoms with van der Waals surface area (Å²) in [4.78, 5) is 17.0. The van der Waals surface area contributed by atoms with Crippen molar-refractivity contribution >= 4 is 17.5 Å². The Bertz CT molecular complexity index is 534. The van der Waals surface area contributed by atoms with Gasteiger partial charge in [0.25, 0.3) is 5.91 Å². The Kier molecular flexibility index (Phi) is 5.89. The second kappa shape index (κ2) is 8.11. The van der Waals surface area contributed by atoms with Crippen molar-refractivity contribution in [2.45, 2.75) is 12.5 Å². The van der Waals surface area contributed by atoms with Gasteiger partial charge in [-0.05, 0) is 18.6 Å². The van der Waals surface area contributed by atoms with Gasteiger partial charge in [0.2, 0.25) is 0 Å². The van der Waals surface area contributed by atoms with Crippen molar-refractivity contribution in [2.75, 3.05) is 52.5 Å². The summed E-state index contributed by atoms with van der Waals surface area (Å²) in [5.41, 5.74) is 0.571. The summed E-state index contributed by atoms with van der Waals surface area (Å²) < 4.78 is 11.3. The van der Waals surface area contributed by atoms with Gasteiger partial charge < -0.3 is 14.4 Å². The van der Waals surface area contributed by atoms with Crippen LogP contribution < -0.4 is 0 Å². The molecule has 1 aromatic rings. The number of morpholine rings is 1. The standard InChI is InChI=1S/C17H23ClN2O3/c18-16-5-2-1-4-15(16)17(21)20-6-3-9-23-14(13-20)12-19-7-10-22-11-8-19/h1-2,4-5,14H,3,6-13H2/t14-/m0/s1. The number of amides is 1. The third-order valence-corrected chi connectivity index (χ3v) is 4.64. The molecule has 2 aliphatic rings. The summed E-state index contributed by atoms with van der Waals surface area (Å²) in [7, 11) is 0. The molecule has 0 radical (unpaired) electrons. The summed E-state index contributed by atoms with van der Waals surface area (Å²) in [5.74, 6) is -0.00641. The zero-order valence-electron chi connectivity index (χ0n) is 13.2. The van der Waals surface area contributed by atoms with Gasteiger partial charge in [0.15, 0.2) is 0 Å². The van der Waals surface area contributed by atoms with Crippen LogP contribution in [0.25, 0.3) is 0 Å². The van der Waals surface area contributed by atoms with Gasteiger partial charge in [0.1, 0.15) is 0 Å². The van der Waals surface area contributed by atoms with Crippen LogP contribution in [0, 0.1) is 0 Å². The van der Waals surface area contributed by atoms with E-state index in [1.54, 1.807) is 12.1 Å². The lowest BCUT2D eigenvalue weighted by Crippen LogP contribution is -2.45. The summed E-state index contributed by atoms with van der Waals surface area (Å²) in [6.07, 6.45) is 0.901. The lowest BCUT2D eigenvalue weighted by molar-refractivity contribution is -0.0112. The van der Waals surface area contributed by atoms with E-state index in [1.807, 2.05) is 17.0 Å². The van der Waals surface area contributed by atoms with Crippen LogP contribution in [0.5, 0.6) is 0 Å². The molecule has 0 N–H and O–H groups in total. The van der Waals surface area contributed by atoms with Crippen molar-refractivity contribution in [2.24, 2.45) is 0 Å². The monoisotopic (exact) mass is 338 g/mol. The van der Waals surface area contributed by atoms with E-state index < -0.39 is 0 Å². The fraction of sp³-hybridized carbons (Fsp3) is 0.588. The van der Waals surface area contributed by atoms with Gasteiger partial charge in [-0.25, -0.2) is 0 Å². The van der Waals surface area contributed by atoms with Crippen LogP contribution in [0.15, 0.2) is 24.3 Å². The van der Waals surface area contributed by atoms with Crippen molar-refractivity contribution in [3.63, 3.8) is 0 Å². The molecule has 0 bridgehead atoms. The van der Waals surface area contributed by atoms with Crippen molar-refractivity contribution in [1.29, 1.82) is 0 Å². The summed E-state index contributed by atoms with van der Waals surface area (Å²) in [6.45, 7) is 6.27. The molecule has 0 spiro atoms. The molecule has 1 atom stereocenters. The molecule has 0 unspecified atom stereocenters. The van der Waals surface area contributed by atoms with Crippen molar-refractivity contribution in [3.8, 4) is 0 Å². The SMILES string of the molecule is O=C(c1ccccc1Cl)N1CCCO[C@@H](CN2CCOCC2)C1. The molecule has 0 aromatic heterocycles. The minimum absolute atomic E-state index is 0.00641. The van der Waals surface area contributed by atoms with Crippen LogP contribution in [-0.2, 0) is 9.47 Å². The quantitative estimate of drug-likeness (QED) is 0.844. The number of hydrogen-bond donors (Lipinski definition) is 0. The van der Waals surface area contributed by atoms with E-state index in [2.05, 4.69) is 4.90 Å². The lowest BCUT2D eigenvalue weighted by atomic mass is 10.1. The molecule has 6 heteroatoms.